The zero-order chi connectivity index (χ0) is 17.1. The molecule has 0 bridgehead atoms. The second-order valence-corrected chi connectivity index (χ2v) is 8.25. The fraction of sp³-hybridized carbons (Fsp3) is 0.824. The SMILES string of the molecule is CSCc1noc(CN2CC(NC(=O)C3CCC3)C(C(C)C)C2)n1. The van der Waals surface area contributed by atoms with Gasteiger partial charge >= 0.3 is 0 Å². The van der Waals surface area contributed by atoms with Crippen molar-refractivity contribution in [2.45, 2.75) is 51.4 Å². The molecular weight excluding hydrogens is 324 g/mol. The number of rotatable bonds is 7. The molecule has 1 N–H and O–H groups in total. The van der Waals surface area contributed by atoms with Crippen molar-refractivity contribution in [2.24, 2.45) is 17.8 Å². The van der Waals surface area contributed by atoms with Gasteiger partial charge in [0.1, 0.15) is 0 Å². The monoisotopic (exact) mass is 352 g/mol. The number of hydrogen-bond donors (Lipinski definition) is 1. The van der Waals surface area contributed by atoms with Gasteiger partial charge in [-0.25, -0.2) is 0 Å². The average Bonchev–Trinajstić information content (AvgIpc) is 3.05. The van der Waals surface area contributed by atoms with Crippen molar-refractivity contribution in [1.82, 2.24) is 20.4 Å². The minimum absolute atomic E-state index is 0.228. The molecule has 0 aromatic carbocycles. The lowest BCUT2D eigenvalue weighted by Crippen LogP contribution is -2.45. The minimum Gasteiger partial charge on any atom is -0.352 e. The summed E-state index contributed by atoms with van der Waals surface area (Å²) in [5.41, 5.74) is 0. The summed E-state index contributed by atoms with van der Waals surface area (Å²) in [4.78, 5) is 19.1. The Hall–Kier alpha value is -1.08. The first-order chi connectivity index (χ1) is 11.6. The number of carbonyl (C=O) groups excluding carboxylic acids is 1. The molecule has 2 unspecified atom stereocenters. The summed E-state index contributed by atoms with van der Waals surface area (Å²) >= 11 is 1.69. The normalized spacial score (nSPS) is 25.2. The third-order valence-corrected chi connectivity index (χ3v) is 5.79. The number of nitrogens with one attached hydrogen (secondary N) is 1. The molecule has 2 aliphatic rings. The van der Waals surface area contributed by atoms with E-state index in [-0.39, 0.29) is 17.9 Å². The molecule has 134 valence electrons. The van der Waals surface area contributed by atoms with E-state index >= 15 is 0 Å². The fourth-order valence-corrected chi connectivity index (χ4v) is 3.95. The van der Waals surface area contributed by atoms with E-state index in [1.165, 1.54) is 6.42 Å². The molecule has 2 heterocycles. The molecule has 1 aromatic rings. The highest BCUT2D eigenvalue weighted by Gasteiger charge is 2.37. The number of nitrogens with zero attached hydrogens (tertiary/aromatic N) is 3. The van der Waals surface area contributed by atoms with Gasteiger partial charge in [0.25, 0.3) is 0 Å². The highest BCUT2D eigenvalue weighted by molar-refractivity contribution is 7.97. The van der Waals surface area contributed by atoms with Crippen LogP contribution >= 0.6 is 11.8 Å². The lowest BCUT2D eigenvalue weighted by molar-refractivity contribution is -0.128. The molecular formula is C17H28N4O2S. The van der Waals surface area contributed by atoms with Crippen LogP contribution in [0.3, 0.4) is 0 Å². The summed E-state index contributed by atoms with van der Waals surface area (Å²) in [7, 11) is 0. The van der Waals surface area contributed by atoms with E-state index in [9.17, 15) is 4.79 Å². The summed E-state index contributed by atoms with van der Waals surface area (Å²) < 4.78 is 5.35. The molecule has 1 amide bonds. The van der Waals surface area contributed by atoms with Crippen LogP contribution in [0.25, 0.3) is 0 Å². The van der Waals surface area contributed by atoms with Crippen molar-refractivity contribution >= 4 is 17.7 Å². The molecule has 1 aromatic heterocycles. The van der Waals surface area contributed by atoms with E-state index < -0.39 is 0 Å². The van der Waals surface area contributed by atoms with E-state index in [1.807, 2.05) is 6.26 Å². The number of thioether (sulfide) groups is 1. The first-order valence-corrected chi connectivity index (χ1v) is 10.3. The van der Waals surface area contributed by atoms with Crippen LogP contribution in [-0.2, 0) is 17.1 Å². The Morgan fingerprint density at radius 3 is 2.83 bits per heavy atom. The van der Waals surface area contributed by atoms with Gasteiger partial charge in [0.05, 0.1) is 12.3 Å². The van der Waals surface area contributed by atoms with E-state index in [4.69, 9.17) is 4.52 Å². The van der Waals surface area contributed by atoms with Gasteiger partial charge in [0.2, 0.25) is 11.8 Å². The summed E-state index contributed by atoms with van der Waals surface area (Å²) in [6.07, 6.45) is 5.32. The molecule has 1 saturated carbocycles. The number of likely N-dealkylation sites (tertiary alicyclic amines) is 1. The topological polar surface area (TPSA) is 71.3 Å². The van der Waals surface area contributed by atoms with E-state index in [1.54, 1.807) is 11.8 Å². The van der Waals surface area contributed by atoms with Gasteiger partial charge in [-0.3, -0.25) is 9.69 Å². The van der Waals surface area contributed by atoms with Crippen LogP contribution in [0.4, 0.5) is 0 Å². The molecule has 1 saturated heterocycles. The molecule has 3 rings (SSSR count). The number of carbonyl (C=O) groups is 1. The van der Waals surface area contributed by atoms with Crippen LogP contribution in [0.1, 0.15) is 44.8 Å². The molecule has 0 radical (unpaired) electrons. The van der Waals surface area contributed by atoms with Crippen molar-refractivity contribution in [3.63, 3.8) is 0 Å². The summed E-state index contributed by atoms with van der Waals surface area (Å²) in [5.74, 6) is 3.72. The standard InChI is InChI=1S/C17H28N4O2S/c1-11(2)13-7-21(9-16-19-15(10-24-3)20-23-16)8-14(13)18-17(22)12-5-4-6-12/h11-14H,4-10H2,1-3H3,(H,18,22). The number of aromatic nitrogens is 2. The predicted octanol–water partition coefficient (Wildman–Crippen LogP) is 2.31. The highest BCUT2D eigenvalue weighted by Crippen LogP contribution is 2.29. The van der Waals surface area contributed by atoms with Gasteiger partial charge in [0.15, 0.2) is 5.82 Å². The van der Waals surface area contributed by atoms with E-state index in [0.717, 1.165) is 37.5 Å². The average molecular weight is 353 g/mol. The Balaban J connectivity index is 1.57. The maximum absolute atomic E-state index is 12.3. The Kier molecular flexibility index (Phi) is 5.81. The summed E-state index contributed by atoms with van der Waals surface area (Å²) in [5, 5.41) is 7.31. The summed E-state index contributed by atoms with van der Waals surface area (Å²) in [6, 6.07) is 0.228. The third-order valence-electron chi connectivity index (χ3n) is 5.24. The van der Waals surface area contributed by atoms with Crippen LogP contribution in [-0.4, -0.2) is 46.3 Å². The van der Waals surface area contributed by atoms with Gasteiger partial charge in [0, 0.05) is 25.0 Å². The van der Waals surface area contributed by atoms with Gasteiger partial charge in [-0.15, -0.1) is 0 Å². The van der Waals surface area contributed by atoms with Crippen LogP contribution in [0.5, 0.6) is 0 Å². The molecule has 1 aliphatic carbocycles. The smallest absolute Gasteiger partial charge is 0.240 e. The lowest BCUT2D eigenvalue weighted by atomic mass is 9.84. The van der Waals surface area contributed by atoms with Crippen molar-refractivity contribution in [2.75, 3.05) is 19.3 Å². The van der Waals surface area contributed by atoms with Gasteiger partial charge in [-0.2, -0.15) is 16.7 Å². The van der Waals surface area contributed by atoms with Crippen LogP contribution in [0, 0.1) is 17.8 Å². The predicted molar refractivity (Wildman–Crippen MR) is 94.4 cm³/mol. The molecule has 0 spiro atoms. The van der Waals surface area contributed by atoms with Crippen LogP contribution in [0.15, 0.2) is 4.52 Å². The molecule has 2 atom stereocenters. The summed E-state index contributed by atoms with van der Waals surface area (Å²) in [6.45, 7) is 6.97. The largest absolute Gasteiger partial charge is 0.352 e. The highest BCUT2D eigenvalue weighted by atomic mass is 32.2. The molecule has 7 heteroatoms. The third kappa shape index (κ3) is 4.11. The lowest BCUT2D eigenvalue weighted by Gasteiger charge is -2.29. The van der Waals surface area contributed by atoms with Crippen molar-refractivity contribution in [1.29, 1.82) is 0 Å². The second kappa shape index (κ2) is 7.87. The zero-order valence-corrected chi connectivity index (χ0v) is 15.6. The first-order valence-electron chi connectivity index (χ1n) is 8.90. The molecule has 24 heavy (non-hydrogen) atoms. The number of amides is 1. The maximum Gasteiger partial charge on any atom is 0.240 e. The Bertz CT molecular complexity index is 559. The van der Waals surface area contributed by atoms with Crippen LogP contribution in [0.2, 0.25) is 0 Å². The zero-order valence-electron chi connectivity index (χ0n) is 14.8. The molecule has 1 aliphatic heterocycles. The van der Waals surface area contributed by atoms with E-state index in [2.05, 4.69) is 34.2 Å². The second-order valence-electron chi connectivity index (χ2n) is 7.38. The molecule has 2 fully saturated rings. The van der Waals surface area contributed by atoms with Crippen LogP contribution < -0.4 is 5.32 Å². The minimum atomic E-state index is 0.228. The van der Waals surface area contributed by atoms with Crippen molar-refractivity contribution in [3.05, 3.63) is 11.7 Å². The van der Waals surface area contributed by atoms with Crippen molar-refractivity contribution in [3.8, 4) is 0 Å². The number of hydrogen-bond acceptors (Lipinski definition) is 6. The fourth-order valence-electron chi connectivity index (χ4n) is 3.58. The van der Waals surface area contributed by atoms with E-state index in [0.29, 0.717) is 24.3 Å². The quantitative estimate of drug-likeness (QED) is 0.812. The molecule has 6 nitrogen and oxygen atoms in total. The first kappa shape index (κ1) is 17.7. The van der Waals surface area contributed by atoms with Gasteiger partial charge < -0.3 is 9.84 Å². The van der Waals surface area contributed by atoms with Crippen molar-refractivity contribution < 1.29 is 9.32 Å². The Morgan fingerprint density at radius 1 is 1.42 bits per heavy atom. The Morgan fingerprint density at radius 2 is 2.21 bits per heavy atom. The Labute approximate surface area is 148 Å². The van der Waals surface area contributed by atoms with Gasteiger partial charge in [-0.1, -0.05) is 25.4 Å². The van der Waals surface area contributed by atoms with Gasteiger partial charge in [-0.05, 0) is 30.9 Å². The maximum atomic E-state index is 12.3.